The molecule has 0 saturated heterocycles. The Morgan fingerprint density at radius 3 is 2.63 bits per heavy atom. The van der Waals surface area contributed by atoms with Crippen LogP contribution in [0.4, 0.5) is 17.2 Å². The molecule has 5 nitrogen and oxygen atoms in total. The van der Waals surface area contributed by atoms with Crippen LogP contribution in [0, 0.1) is 6.92 Å². The second-order valence-electron chi connectivity index (χ2n) is 5.93. The highest BCUT2D eigenvalue weighted by Gasteiger charge is 2.06. The molecule has 6 heteroatoms. The number of nitrogens with zero attached hydrogens (tertiary/aromatic N) is 1. The Balaban J connectivity index is 1.50. The quantitative estimate of drug-likeness (QED) is 0.590. The molecule has 0 aliphatic rings. The van der Waals surface area contributed by atoms with Gasteiger partial charge >= 0.3 is 0 Å². The van der Waals surface area contributed by atoms with Crippen molar-refractivity contribution in [2.75, 3.05) is 17.2 Å². The molecule has 138 valence electrons. The van der Waals surface area contributed by atoms with Crippen molar-refractivity contribution in [1.29, 1.82) is 0 Å². The second-order valence-corrected chi connectivity index (χ2v) is 6.34. The Hall–Kier alpha value is -3.05. The smallest absolute Gasteiger partial charge is 0.228 e. The third kappa shape index (κ3) is 5.46. The minimum atomic E-state index is -0.148. The van der Waals surface area contributed by atoms with Gasteiger partial charge in [0.05, 0.1) is 24.9 Å². The Labute approximate surface area is 163 Å². The number of para-hydroxylation sites is 1. The first-order chi connectivity index (χ1) is 13.1. The zero-order chi connectivity index (χ0) is 19.1. The number of carbonyl (C=O) groups excluding carboxylic acids is 1. The van der Waals surface area contributed by atoms with E-state index in [1.54, 1.807) is 12.3 Å². The van der Waals surface area contributed by atoms with Crippen LogP contribution < -0.4 is 15.4 Å². The van der Waals surface area contributed by atoms with Gasteiger partial charge in [-0.15, -0.1) is 0 Å². The number of hydrogen-bond donors (Lipinski definition) is 2. The number of nitrogens with one attached hydrogen (secondary N) is 2. The fourth-order valence-corrected chi connectivity index (χ4v) is 2.60. The van der Waals surface area contributed by atoms with Crippen molar-refractivity contribution in [2.24, 2.45) is 0 Å². The van der Waals surface area contributed by atoms with Crippen molar-refractivity contribution in [3.63, 3.8) is 0 Å². The standard InChI is InChI=1S/C21H20ClN3O2/c1-15-18(22)8-5-9-19(15)24-16-10-11-20(23-14-16)25-21(26)12-13-27-17-6-3-2-4-7-17/h2-11,14,24H,12-13H2,1H3,(H,23,25,26). The van der Waals surface area contributed by atoms with Gasteiger partial charge in [-0.3, -0.25) is 4.79 Å². The van der Waals surface area contributed by atoms with Gasteiger partial charge < -0.3 is 15.4 Å². The molecular formula is C21H20ClN3O2. The Kier molecular flexibility index (Phi) is 6.28. The van der Waals surface area contributed by atoms with Gasteiger partial charge in [0.25, 0.3) is 0 Å². The summed E-state index contributed by atoms with van der Waals surface area (Å²) in [6, 6.07) is 18.7. The summed E-state index contributed by atoms with van der Waals surface area (Å²) in [4.78, 5) is 16.3. The minimum Gasteiger partial charge on any atom is -0.493 e. The normalized spacial score (nSPS) is 10.3. The van der Waals surface area contributed by atoms with Gasteiger partial charge in [-0.25, -0.2) is 4.98 Å². The number of anilines is 3. The van der Waals surface area contributed by atoms with E-state index in [4.69, 9.17) is 16.3 Å². The molecule has 0 atom stereocenters. The fraction of sp³-hybridized carbons (Fsp3) is 0.143. The number of aromatic nitrogens is 1. The number of rotatable bonds is 7. The maximum absolute atomic E-state index is 12.0. The second kappa shape index (κ2) is 9.05. The molecule has 2 N–H and O–H groups in total. The van der Waals surface area contributed by atoms with Crippen molar-refractivity contribution in [3.8, 4) is 5.75 Å². The van der Waals surface area contributed by atoms with Crippen LogP contribution in [0.5, 0.6) is 5.75 Å². The highest BCUT2D eigenvalue weighted by Crippen LogP contribution is 2.26. The molecule has 2 aromatic carbocycles. The number of halogens is 1. The summed E-state index contributed by atoms with van der Waals surface area (Å²) < 4.78 is 5.52. The lowest BCUT2D eigenvalue weighted by atomic mass is 10.2. The first-order valence-electron chi connectivity index (χ1n) is 8.58. The summed E-state index contributed by atoms with van der Waals surface area (Å²) in [7, 11) is 0. The Bertz CT molecular complexity index is 899. The predicted octanol–water partition coefficient (Wildman–Crippen LogP) is 5.19. The first kappa shape index (κ1) is 18.7. The lowest BCUT2D eigenvalue weighted by Crippen LogP contribution is -2.16. The molecule has 3 rings (SSSR count). The van der Waals surface area contributed by atoms with E-state index in [9.17, 15) is 4.79 Å². The van der Waals surface area contributed by atoms with Crippen molar-refractivity contribution in [2.45, 2.75) is 13.3 Å². The third-order valence-corrected chi connectivity index (χ3v) is 4.33. The molecule has 1 heterocycles. The monoisotopic (exact) mass is 381 g/mol. The summed E-state index contributed by atoms with van der Waals surface area (Å²) in [5.41, 5.74) is 2.69. The molecule has 27 heavy (non-hydrogen) atoms. The lowest BCUT2D eigenvalue weighted by molar-refractivity contribution is -0.116. The van der Waals surface area contributed by atoms with E-state index >= 15 is 0 Å². The fourth-order valence-electron chi connectivity index (χ4n) is 2.42. The molecule has 0 spiro atoms. The summed E-state index contributed by atoms with van der Waals surface area (Å²) in [5, 5.41) is 6.73. The number of amides is 1. The van der Waals surface area contributed by atoms with Gasteiger partial charge in [0.1, 0.15) is 11.6 Å². The molecule has 3 aromatic rings. The highest BCUT2D eigenvalue weighted by atomic mass is 35.5. The van der Waals surface area contributed by atoms with Crippen LogP contribution in [0.15, 0.2) is 66.9 Å². The van der Waals surface area contributed by atoms with Gasteiger partial charge in [-0.05, 0) is 48.9 Å². The maximum Gasteiger partial charge on any atom is 0.228 e. The maximum atomic E-state index is 12.0. The zero-order valence-corrected chi connectivity index (χ0v) is 15.7. The number of ether oxygens (including phenoxy) is 1. The highest BCUT2D eigenvalue weighted by molar-refractivity contribution is 6.31. The van der Waals surface area contributed by atoms with Gasteiger partial charge in [0.2, 0.25) is 5.91 Å². The van der Waals surface area contributed by atoms with Gasteiger partial charge in [0.15, 0.2) is 0 Å². The summed E-state index contributed by atoms with van der Waals surface area (Å²) in [5.74, 6) is 1.09. The van der Waals surface area contributed by atoms with Crippen LogP contribution in [0.1, 0.15) is 12.0 Å². The van der Waals surface area contributed by atoms with Crippen molar-refractivity contribution in [3.05, 3.63) is 77.4 Å². The van der Waals surface area contributed by atoms with Crippen molar-refractivity contribution < 1.29 is 9.53 Å². The van der Waals surface area contributed by atoms with E-state index in [2.05, 4.69) is 15.6 Å². The van der Waals surface area contributed by atoms with Crippen molar-refractivity contribution >= 4 is 34.7 Å². The van der Waals surface area contributed by atoms with Crippen LogP contribution in [0.25, 0.3) is 0 Å². The number of carbonyl (C=O) groups is 1. The van der Waals surface area contributed by atoms with E-state index in [0.717, 1.165) is 22.7 Å². The van der Waals surface area contributed by atoms with Crippen molar-refractivity contribution in [1.82, 2.24) is 4.98 Å². The van der Waals surface area contributed by atoms with E-state index in [-0.39, 0.29) is 12.3 Å². The summed E-state index contributed by atoms with van der Waals surface area (Å²) in [6.45, 7) is 2.26. The molecule has 0 bridgehead atoms. The molecule has 0 fully saturated rings. The van der Waals surface area contributed by atoms with Crippen LogP contribution in [0.2, 0.25) is 5.02 Å². The molecule has 1 aromatic heterocycles. The minimum absolute atomic E-state index is 0.148. The molecule has 0 unspecified atom stereocenters. The molecule has 1 amide bonds. The number of hydrogen-bond acceptors (Lipinski definition) is 4. The number of benzene rings is 2. The molecular weight excluding hydrogens is 362 g/mol. The van der Waals surface area contributed by atoms with E-state index < -0.39 is 0 Å². The number of pyridine rings is 1. The molecule has 0 aliphatic carbocycles. The van der Waals surface area contributed by atoms with E-state index in [1.165, 1.54) is 0 Å². The van der Waals surface area contributed by atoms with Gasteiger partial charge in [-0.2, -0.15) is 0 Å². The largest absolute Gasteiger partial charge is 0.493 e. The van der Waals surface area contributed by atoms with Crippen LogP contribution in [-0.4, -0.2) is 17.5 Å². The van der Waals surface area contributed by atoms with E-state index in [1.807, 2.05) is 61.5 Å². The SMILES string of the molecule is Cc1c(Cl)cccc1Nc1ccc(NC(=O)CCOc2ccccc2)nc1. The van der Waals surface area contributed by atoms with Gasteiger partial charge in [-0.1, -0.05) is 35.9 Å². The van der Waals surface area contributed by atoms with Crippen LogP contribution in [0.3, 0.4) is 0 Å². The van der Waals surface area contributed by atoms with Crippen LogP contribution >= 0.6 is 11.6 Å². The topological polar surface area (TPSA) is 63.2 Å². The third-order valence-electron chi connectivity index (χ3n) is 3.92. The zero-order valence-electron chi connectivity index (χ0n) is 14.9. The first-order valence-corrected chi connectivity index (χ1v) is 8.95. The summed E-state index contributed by atoms with van der Waals surface area (Å²) >= 11 is 6.13. The van der Waals surface area contributed by atoms with E-state index in [0.29, 0.717) is 17.4 Å². The Morgan fingerprint density at radius 2 is 1.89 bits per heavy atom. The summed E-state index contributed by atoms with van der Waals surface area (Å²) in [6.07, 6.45) is 1.91. The lowest BCUT2D eigenvalue weighted by Gasteiger charge is -2.11. The van der Waals surface area contributed by atoms with Gasteiger partial charge in [0, 0.05) is 10.7 Å². The molecule has 0 saturated carbocycles. The predicted molar refractivity (Wildman–Crippen MR) is 109 cm³/mol. The average molecular weight is 382 g/mol. The average Bonchev–Trinajstić information content (AvgIpc) is 2.68. The molecule has 0 aliphatic heterocycles. The van der Waals surface area contributed by atoms with Crippen LogP contribution in [-0.2, 0) is 4.79 Å². The Morgan fingerprint density at radius 1 is 1.07 bits per heavy atom. The molecule has 0 radical (unpaired) electrons.